The zero-order valence-corrected chi connectivity index (χ0v) is 16.6. The lowest BCUT2D eigenvalue weighted by Crippen LogP contribution is -1.91. The van der Waals surface area contributed by atoms with Crippen molar-refractivity contribution < 1.29 is 59.4 Å². The third-order valence-electron chi connectivity index (χ3n) is 2.57. The molecular weight excluding hydrogens is 446 g/mol. The van der Waals surface area contributed by atoms with Gasteiger partial charge in [-0.25, -0.2) is 28.8 Å². The first-order valence-corrected chi connectivity index (χ1v) is 8.29. The van der Waals surface area contributed by atoms with Gasteiger partial charge in [-0.3, -0.25) is 0 Å². The molecule has 1 aromatic heterocycles. The predicted molar refractivity (Wildman–Crippen MR) is 112 cm³/mol. The monoisotopic (exact) mass is 465 g/mol. The van der Waals surface area contributed by atoms with Gasteiger partial charge in [-0.1, -0.05) is 18.2 Å². The molecule has 1 aromatic carbocycles. The maximum atomic E-state index is 9.55. The van der Waals surface area contributed by atoms with Crippen molar-refractivity contribution in [3.05, 3.63) is 73.0 Å². The highest BCUT2D eigenvalue weighted by atomic mass is 16.4. The summed E-state index contributed by atoms with van der Waals surface area (Å²) in [5.41, 5.74) is 1.21. The first kappa shape index (κ1) is 30.0. The van der Waals surface area contributed by atoms with E-state index < -0.39 is 35.8 Å². The smallest absolute Gasteiger partial charge is 0.328 e. The molecule has 0 atom stereocenters. The largest absolute Gasteiger partial charge is 0.478 e. The number of aromatic amines is 1. The molecule has 0 amide bonds. The molecule has 2 aromatic rings. The highest BCUT2D eigenvalue weighted by Gasteiger charge is 1.89. The molecule has 13 nitrogen and oxygen atoms in total. The lowest BCUT2D eigenvalue weighted by molar-refractivity contribution is -0.134. The summed E-state index contributed by atoms with van der Waals surface area (Å²) in [5, 5.41) is 48.1. The predicted octanol–water partition coefficient (Wildman–Crippen LogP) is 1.30. The number of rotatable bonds is 6. The summed E-state index contributed by atoms with van der Waals surface area (Å²) in [6.45, 7) is 0. The van der Waals surface area contributed by atoms with Crippen LogP contribution in [-0.4, -0.2) is 71.4 Å². The topological polar surface area (TPSA) is 240 Å². The fourth-order valence-corrected chi connectivity index (χ4v) is 1.42. The summed E-state index contributed by atoms with van der Waals surface area (Å²) in [7, 11) is 0. The Morgan fingerprint density at radius 2 is 0.818 bits per heavy atom. The number of benzene rings is 1. The number of H-pyrrole nitrogens is 1. The van der Waals surface area contributed by atoms with E-state index in [1.54, 1.807) is 0 Å². The van der Waals surface area contributed by atoms with Gasteiger partial charge in [-0.15, -0.1) is 0 Å². The number of carboxylic acid groups (broad SMARTS) is 6. The molecule has 0 saturated heterocycles. The van der Waals surface area contributed by atoms with Gasteiger partial charge in [0.15, 0.2) is 0 Å². The van der Waals surface area contributed by atoms with E-state index in [-0.39, 0.29) is 0 Å². The van der Waals surface area contributed by atoms with Crippen LogP contribution >= 0.6 is 0 Å². The van der Waals surface area contributed by atoms with E-state index in [0.29, 0.717) is 36.5 Å². The number of hydrogen-bond donors (Lipinski definition) is 7. The molecule has 1 heterocycles. The van der Waals surface area contributed by atoms with Crippen LogP contribution in [0.4, 0.5) is 0 Å². The lowest BCUT2D eigenvalue weighted by atomic mass is 10.3. The molecule has 0 fully saturated rings. The van der Waals surface area contributed by atoms with Crippen LogP contribution in [0.5, 0.6) is 0 Å². The van der Waals surface area contributed by atoms with Gasteiger partial charge in [-0.2, -0.15) is 0 Å². The maximum absolute atomic E-state index is 9.55. The molecule has 0 bridgehead atoms. The molecule has 33 heavy (non-hydrogen) atoms. The van der Waals surface area contributed by atoms with Gasteiger partial charge in [-0.05, 0) is 17.5 Å². The quantitative estimate of drug-likeness (QED) is 0.299. The van der Waals surface area contributed by atoms with Crippen molar-refractivity contribution in [3.63, 3.8) is 0 Å². The molecule has 7 N–H and O–H groups in total. The highest BCUT2D eigenvalue weighted by Crippen LogP contribution is 2.09. The van der Waals surface area contributed by atoms with Crippen LogP contribution in [-0.2, 0) is 28.8 Å². The molecule has 2 rings (SSSR count). The second kappa shape index (κ2) is 17.6. The fraction of sp³-hybridized carbons (Fsp3) is 0. The van der Waals surface area contributed by atoms with Gasteiger partial charge in [0, 0.05) is 48.2 Å². The molecular formula is C20H19NO12. The SMILES string of the molecule is O=C(O)/C=C\C(=O)O.O=C(O)/C=C\C(=O)O.O=C(O)/C=C\C(=O)O.c1ccc2[nH]ccc2c1. The van der Waals surface area contributed by atoms with E-state index in [4.69, 9.17) is 30.6 Å². The van der Waals surface area contributed by atoms with E-state index in [1.165, 1.54) is 10.9 Å². The molecule has 0 radical (unpaired) electrons. The van der Waals surface area contributed by atoms with E-state index in [9.17, 15) is 28.8 Å². The molecule has 0 aliphatic carbocycles. The Morgan fingerprint density at radius 3 is 1.09 bits per heavy atom. The number of para-hydroxylation sites is 1. The first-order chi connectivity index (χ1) is 15.3. The van der Waals surface area contributed by atoms with Gasteiger partial charge in [0.2, 0.25) is 0 Å². The molecule has 0 aliphatic rings. The number of carbonyl (C=O) groups is 6. The summed E-state index contributed by atoms with van der Waals surface area (Å²) in [6.07, 6.45) is 5.30. The molecule has 0 unspecified atom stereocenters. The van der Waals surface area contributed by atoms with Crippen LogP contribution in [0.25, 0.3) is 10.9 Å². The minimum atomic E-state index is -1.26. The Bertz CT molecular complexity index is 887. The average Bonchev–Trinajstić information content (AvgIpc) is 3.19. The summed E-state index contributed by atoms with van der Waals surface area (Å²) in [6, 6.07) is 10.3. The molecule has 0 saturated carbocycles. The Balaban J connectivity index is 0. The van der Waals surface area contributed by atoms with Crippen molar-refractivity contribution in [1.29, 1.82) is 0 Å². The molecule has 13 heteroatoms. The number of fused-ring (bicyclic) bond motifs is 1. The summed E-state index contributed by atoms with van der Waals surface area (Å²) >= 11 is 0. The van der Waals surface area contributed by atoms with Gasteiger partial charge < -0.3 is 35.6 Å². The summed E-state index contributed by atoms with van der Waals surface area (Å²) in [4.78, 5) is 60.4. The Morgan fingerprint density at radius 1 is 0.515 bits per heavy atom. The van der Waals surface area contributed by atoms with Crippen LogP contribution < -0.4 is 0 Å². The van der Waals surface area contributed by atoms with Crippen molar-refractivity contribution in [2.24, 2.45) is 0 Å². The van der Waals surface area contributed by atoms with Crippen LogP contribution in [0.3, 0.4) is 0 Å². The second-order valence-corrected chi connectivity index (χ2v) is 5.09. The van der Waals surface area contributed by atoms with Crippen molar-refractivity contribution >= 4 is 46.7 Å². The fourth-order valence-electron chi connectivity index (χ4n) is 1.42. The Kier molecular flexibility index (Phi) is 16.0. The third kappa shape index (κ3) is 22.9. The lowest BCUT2D eigenvalue weighted by Gasteiger charge is -1.83. The van der Waals surface area contributed by atoms with Gasteiger partial charge in [0.25, 0.3) is 0 Å². The summed E-state index contributed by atoms with van der Waals surface area (Å²) in [5.74, 6) is -7.54. The van der Waals surface area contributed by atoms with Gasteiger partial charge >= 0.3 is 35.8 Å². The number of aromatic nitrogens is 1. The van der Waals surface area contributed by atoms with E-state index in [0.717, 1.165) is 0 Å². The van der Waals surface area contributed by atoms with Gasteiger partial charge in [0.05, 0.1) is 0 Å². The summed E-state index contributed by atoms with van der Waals surface area (Å²) < 4.78 is 0. The van der Waals surface area contributed by atoms with Crippen LogP contribution in [0.1, 0.15) is 0 Å². The maximum Gasteiger partial charge on any atom is 0.328 e. The number of hydrogen-bond acceptors (Lipinski definition) is 6. The van der Waals surface area contributed by atoms with E-state index in [2.05, 4.69) is 23.2 Å². The standard InChI is InChI=1S/C8H7N.3C4H4O4/c1-2-4-8-7(3-1)5-6-9-8;3*5-3(6)1-2-4(7)8/h1-6,9H;3*1-2H,(H,5,6)(H,7,8)/b;3*2-1-. The Labute approximate surface area is 184 Å². The van der Waals surface area contributed by atoms with Crippen molar-refractivity contribution in [2.45, 2.75) is 0 Å². The Hall–Kier alpha value is -5.20. The first-order valence-electron chi connectivity index (χ1n) is 8.29. The average molecular weight is 465 g/mol. The van der Waals surface area contributed by atoms with Crippen LogP contribution in [0.2, 0.25) is 0 Å². The van der Waals surface area contributed by atoms with Crippen LogP contribution in [0, 0.1) is 0 Å². The van der Waals surface area contributed by atoms with E-state index >= 15 is 0 Å². The minimum absolute atomic E-state index is 0.558. The molecule has 176 valence electrons. The number of nitrogens with one attached hydrogen (secondary N) is 1. The third-order valence-corrected chi connectivity index (χ3v) is 2.57. The normalized spacial score (nSPS) is 9.70. The van der Waals surface area contributed by atoms with Crippen LogP contribution in [0.15, 0.2) is 73.0 Å². The molecule has 0 spiro atoms. The zero-order valence-electron chi connectivity index (χ0n) is 16.6. The van der Waals surface area contributed by atoms with Crippen molar-refractivity contribution in [2.75, 3.05) is 0 Å². The number of aliphatic carboxylic acids is 6. The highest BCUT2D eigenvalue weighted by molar-refractivity contribution is 5.90. The van der Waals surface area contributed by atoms with E-state index in [1.807, 2.05) is 18.3 Å². The van der Waals surface area contributed by atoms with Gasteiger partial charge in [0.1, 0.15) is 0 Å². The second-order valence-electron chi connectivity index (χ2n) is 5.09. The molecule has 0 aliphatic heterocycles. The number of carboxylic acids is 6. The van der Waals surface area contributed by atoms with Crippen molar-refractivity contribution in [1.82, 2.24) is 4.98 Å². The minimum Gasteiger partial charge on any atom is -0.478 e. The van der Waals surface area contributed by atoms with Crippen molar-refractivity contribution in [3.8, 4) is 0 Å². The zero-order chi connectivity index (χ0) is 25.8.